The van der Waals surface area contributed by atoms with Gasteiger partial charge in [0.05, 0.1) is 52.9 Å². The van der Waals surface area contributed by atoms with Crippen molar-refractivity contribution < 1.29 is 60.8 Å². The van der Waals surface area contributed by atoms with Gasteiger partial charge in [-0.2, -0.15) is 0 Å². The van der Waals surface area contributed by atoms with E-state index >= 15 is 4.57 Å². The van der Waals surface area contributed by atoms with Gasteiger partial charge in [-0.15, -0.1) is 0 Å². The summed E-state index contributed by atoms with van der Waals surface area (Å²) in [6.07, 6.45) is -9.06. The number of phosphoric acid groups is 1. The Morgan fingerprint density at radius 2 is 0.728 bits per heavy atom. The Balaban J connectivity index is 1.09. The molecule has 3 aliphatic rings. The van der Waals surface area contributed by atoms with Gasteiger partial charge in [0.1, 0.15) is 65.5 Å². The Labute approximate surface area is 481 Å². The molecule has 13 nitrogen and oxygen atoms in total. The second-order valence-electron chi connectivity index (χ2n) is 21.4. The summed E-state index contributed by atoms with van der Waals surface area (Å²) < 4.78 is 98.9. The lowest BCUT2D eigenvalue weighted by Gasteiger charge is -2.50. The lowest BCUT2D eigenvalue weighted by molar-refractivity contribution is -0.351. The predicted octanol–water partition coefficient (Wildman–Crippen LogP) is 13.5. The summed E-state index contributed by atoms with van der Waals surface area (Å²) in [4.78, 5) is 0.968. The Morgan fingerprint density at radius 1 is 0.395 bits per heavy atom. The molecule has 0 amide bonds. The highest BCUT2D eigenvalue weighted by Crippen LogP contribution is 2.66. The molecule has 3 fully saturated rings. The third-order valence-corrected chi connectivity index (χ3v) is 17.8. The summed E-state index contributed by atoms with van der Waals surface area (Å²) in [6, 6.07) is 69.6. The van der Waals surface area contributed by atoms with E-state index in [4.69, 9.17) is 56.2 Å². The third kappa shape index (κ3) is 16.1. The van der Waals surface area contributed by atoms with E-state index in [1.54, 1.807) is 0 Å². The van der Waals surface area contributed by atoms with Crippen molar-refractivity contribution in [2.45, 2.75) is 144 Å². The van der Waals surface area contributed by atoms with Gasteiger partial charge in [-0.25, -0.2) is 4.57 Å². The maximum absolute atomic E-state index is 15.4. The molecule has 0 saturated carbocycles. The Hall–Kier alpha value is -5.36. The average molecular weight is 1140 g/mol. The molecule has 15 heteroatoms. The van der Waals surface area contributed by atoms with E-state index in [0.29, 0.717) is 6.61 Å². The van der Waals surface area contributed by atoms with Crippen LogP contribution in [0.15, 0.2) is 217 Å². The maximum atomic E-state index is 15.4. The second kappa shape index (κ2) is 28.3. The van der Waals surface area contributed by atoms with Crippen LogP contribution in [0.25, 0.3) is 0 Å². The first-order valence-electron chi connectivity index (χ1n) is 27.7. The lowest BCUT2D eigenvalue weighted by Crippen LogP contribution is -2.66. The summed E-state index contributed by atoms with van der Waals surface area (Å²) in [5, 5.41) is 0. The first-order chi connectivity index (χ1) is 39.5. The van der Waals surface area contributed by atoms with Crippen LogP contribution in [0.2, 0.25) is 0 Å². The van der Waals surface area contributed by atoms with Crippen molar-refractivity contribution in [3.63, 3.8) is 0 Å². The van der Waals surface area contributed by atoms with Crippen LogP contribution in [-0.4, -0.2) is 85.0 Å². The number of thioether (sulfide) groups is 1. The van der Waals surface area contributed by atoms with E-state index < -0.39 is 79.6 Å². The van der Waals surface area contributed by atoms with E-state index in [2.05, 4.69) is 0 Å². The monoisotopic (exact) mass is 1140 g/mol. The van der Waals surface area contributed by atoms with E-state index in [-0.39, 0.29) is 46.2 Å². The zero-order chi connectivity index (χ0) is 55.9. The van der Waals surface area contributed by atoms with Gasteiger partial charge < -0.3 is 42.6 Å². The zero-order valence-electron chi connectivity index (χ0n) is 46.3. The third-order valence-electron chi connectivity index (χ3n) is 14.8. The fourth-order valence-corrected chi connectivity index (χ4v) is 13.2. The van der Waals surface area contributed by atoms with Crippen molar-refractivity contribution >= 4 is 19.6 Å². The van der Waals surface area contributed by atoms with Gasteiger partial charge in [0.2, 0.25) is 0 Å². The molecule has 10 unspecified atom stereocenters. The summed E-state index contributed by atoms with van der Waals surface area (Å²) in [7, 11) is -4.47. The lowest BCUT2D eigenvalue weighted by atomic mass is 9.90. The van der Waals surface area contributed by atoms with Crippen LogP contribution >= 0.6 is 19.6 Å². The standard InChI is InChI=1S/C66H73O13PS/c1-65(2)66(3,4)79-80(67,78-65)77-61-59(71-43-51-32-18-8-19-33-51)57(70-42-50-30-16-7-17-31-50)55(46-68-40-48-26-12-5-13-27-48)74-63(61)76-58-56(47-69-41-49-28-14-6-15-29-49)75-64(81-54-38-24-11-25-39-54)62(73-45-53-36-22-10-23-37-53)60(58)72-44-52-34-20-9-21-35-52/h5-39,55-64H,40-47H2,1-4H3. The molecular formula is C66H73O13PS. The van der Waals surface area contributed by atoms with E-state index in [0.717, 1.165) is 38.3 Å². The summed E-state index contributed by atoms with van der Waals surface area (Å²) in [5.74, 6) is 0. The number of rotatable bonds is 26. The van der Waals surface area contributed by atoms with Crippen LogP contribution in [0.5, 0.6) is 0 Å². The fraction of sp³-hybridized carbons (Fsp3) is 0.364. The topological polar surface area (TPSA) is 128 Å². The molecule has 0 bridgehead atoms. The van der Waals surface area contributed by atoms with E-state index in [1.807, 2.05) is 240 Å². The smallest absolute Gasteiger partial charge is 0.374 e. The Morgan fingerprint density at radius 3 is 1.14 bits per heavy atom. The SMILES string of the molecule is CC1(C)OP(=O)(OC2C(OC3C(COCc4ccccc4)OC(Sc4ccccc4)C(OCc4ccccc4)C3OCc3ccccc3)OC(COCc3ccccc3)C(OCc3ccccc3)C2OCc2ccccc2)OC1(C)C. The normalized spacial score (nSPS) is 25.8. The minimum absolute atomic E-state index is 0.0359. The molecule has 426 valence electrons. The van der Waals surface area contributed by atoms with E-state index in [9.17, 15) is 0 Å². The van der Waals surface area contributed by atoms with Crippen LogP contribution in [0.4, 0.5) is 0 Å². The van der Waals surface area contributed by atoms with Gasteiger partial charge in [0, 0.05) is 4.90 Å². The van der Waals surface area contributed by atoms with Gasteiger partial charge in [-0.1, -0.05) is 212 Å². The number of benzene rings is 7. The van der Waals surface area contributed by atoms with Crippen molar-refractivity contribution in [3.8, 4) is 0 Å². The molecular weight excluding hydrogens is 1060 g/mol. The van der Waals surface area contributed by atoms with Crippen LogP contribution in [-0.2, 0) is 100 Å². The quantitative estimate of drug-likeness (QED) is 0.0477. The second-order valence-corrected chi connectivity index (χ2v) is 24.0. The summed E-state index contributed by atoms with van der Waals surface area (Å²) in [6.45, 7) is 8.68. The molecule has 3 saturated heterocycles. The molecule has 81 heavy (non-hydrogen) atoms. The molecule has 0 N–H and O–H groups in total. The molecule has 7 aromatic carbocycles. The van der Waals surface area contributed by atoms with Crippen LogP contribution in [0.1, 0.15) is 61.1 Å². The highest BCUT2D eigenvalue weighted by molar-refractivity contribution is 7.99. The van der Waals surface area contributed by atoms with Gasteiger partial charge >= 0.3 is 7.82 Å². The Kier molecular flexibility index (Phi) is 20.5. The number of hydrogen-bond acceptors (Lipinski definition) is 14. The summed E-state index contributed by atoms with van der Waals surface area (Å²) >= 11 is 1.53. The molecule has 0 aliphatic carbocycles. The van der Waals surface area contributed by atoms with E-state index in [1.165, 1.54) is 11.8 Å². The number of phosphoric ester groups is 1. The Bertz CT molecular complexity index is 2970. The molecule has 0 radical (unpaired) electrons. The highest BCUT2D eigenvalue weighted by atomic mass is 32.2. The fourth-order valence-electron chi connectivity index (χ4n) is 9.84. The van der Waals surface area contributed by atoms with Gasteiger partial charge in [-0.3, -0.25) is 13.6 Å². The number of ether oxygens (including phenoxy) is 9. The van der Waals surface area contributed by atoms with Crippen LogP contribution in [0, 0.1) is 0 Å². The summed E-state index contributed by atoms with van der Waals surface area (Å²) in [5.41, 5.74) is 2.92. The molecule has 0 aromatic heterocycles. The number of hydrogen-bond donors (Lipinski definition) is 0. The van der Waals surface area contributed by atoms with Crippen molar-refractivity contribution in [2.75, 3.05) is 13.2 Å². The van der Waals surface area contributed by atoms with Gasteiger partial charge in [0.25, 0.3) is 0 Å². The van der Waals surface area contributed by atoms with Gasteiger partial charge in [0.15, 0.2) is 6.29 Å². The maximum Gasteiger partial charge on any atom is 0.476 e. The molecule has 10 atom stereocenters. The molecule has 7 aromatic rings. The highest BCUT2D eigenvalue weighted by Gasteiger charge is 2.61. The van der Waals surface area contributed by atoms with Crippen LogP contribution < -0.4 is 0 Å². The molecule has 3 aliphatic heterocycles. The molecule has 10 rings (SSSR count). The molecule has 3 heterocycles. The van der Waals surface area contributed by atoms with Gasteiger partial charge in [-0.05, 0) is 73.2 Å². The van der Waals surface area contributed by atoms with Crippen molar-refractivity contribution in [2.24, 2.45) is 0 Å². The minimum atomic E-state index is -4.47. The molecule has 0 spiro atoms. The van der Waals surface area contributed by atoms with Crippen molar-refractivity contribution in [1.82, 2.24) is 0 Å². The first kappa shape index (κ1) is 58.8. The van der Waals surface area contributed by atoms with Crippen molar-refractivity contribution in [3.05, 3.63) is 246 Å². The largest absolute Gasteiger partial charge is 0.476 e. The average Bonchev–Trinajstić information content (AvgIpc) is 3.91. The first-order valence-corrected chi connectivity index (χ1v) is 30.1. The minimum Gasteiger partial charge on any atom is -0.374 e. The zero-order valence-corrected chi connectivity index (χ0v) is 48.0. The van der Waals surface area contributed by atoms with Crippen molar-refractivity contribution in [1.29, 1.82) is 0 Å². The van der Waals surface area contributed by atoms with Crippen LogP contribution in [0.3, 0.4) is 0 Å². The predicted molar refractivity (Wildman–Crippen MR) is 310 cm³/mol.